The van der Waals surface area contributed by atoms with Gasteiger partial charge < -0.3 is 10.6 Å². The van der Waals surface area contributed by atoms with E-state index >= 15 is 0 Å². The molecule has 0 heterocycles. The Bertz CT molecular complexity index is 653. The quantitative estimate of drug-likeness (QED) is 0.803. The minimum Gasteiger partial charge on any atom is -0.399 e. The lowest BCUT2D eigenvalue weighted by molar-refractivity contribution is -0.133. The molecule has 0 bridgehead atoms. The zero-order valence-corrected chi connectivity index (χ0v) is 14.8. The lowest BCUT2D eigenvalue weighted by atomic mass is 10.1. The first-order chi connectivity index (χ1) is 11.1. The third kappa shape index (κ3) is 4.75. The summed E-state index contributed by atoms with van der Waals surface area (Å²) in [5, 5.41) is 0. The Kier molecular flexibility index (Phi) is 6.27. The molecule has 0 aliphatic heterocycles. The monoisotopic (exact) mass is 344 g/mol. The molecule has 4 heteroatoms. The van der Waals surface area contributed by atoms with Gasteiger partial charge in [0.05, 0.1) is 6.42 Å². The van der Waals surface area contributed by atoms with Gasteiger partial charge in [0.2, 0.25) is 5.91 Å². The maximum absolute atomic E-state index is 12.9. The maximum Gasteiger partial charge on any atom is 0.227 e. The summed E-state index contributed by atoms with van der Waals surface area (Å²) in [6, 6.07) is 18.1. The highest BCUT2D eigenvalue weighted by Crippen LogP contribution is 2.36. The Balaban J connectivity index is 0.00000208. The molecule has 1 unspecified atom stereocenters. The van der Waals surface area contributed by atoms with E-state index in [1.54, 1.807) is 0 Å². The van der Waals surface area contributed by atoms with Gasteiger partial charge in [-0.2, -0.15) is 0 Å². The van der Waals surface area contributed by atoms with Gasteiger partial charge in [-0.15, -0.1) is 12.4 Å². The SMILES string of the molecule is CC(C1CC1)N(Cc1ccccc1)C(=O)Cc1ccc(N)cc1.Cl. The molecular weight excluding hydrogens is 320 g/mol. The van der Waals surface area contributed by atoms with Crippen LogP contribution in [0.1, 0.15) is 30.9 Å². The standard InChI is InChI=1S/C20H24N2O.ClH/c1-15(18-9-10-18)22(14-17-5-3-2-4-6-17)20(23)13-16-7-11-19(21)12-8-16;/h2-8,11-12,15,18H,9-10,13-14,21H2,1H3;1H. The van der Waals surface area contributed by atoms with E-state index in [2.05, 4.69) is 19.1 Å². The minimum absolute atomic E-state index is 0. The number of nitrogens with two attached hydrogens (primary N) is 1. The lowest BCUT2D eigenvalue weighted by Crippen LogP contribution is -2.40. The van der Waals surface area contributed by atoms with E-state index in [1.807, 2.05) is 47.4 Å². The molecule has 2 aromatic carbocycles. The average molecular weight is 345 g/mol. The van der Waals surface area contributed by atoms with Gasteiger partial charge in [-0.3, -0.25) is 4.79 Å². The normalized spacial score (nSPS) is 14.5. The van der Waals surface area contributed by atoms with Crippen molar-refractivity contribution >= 4 is 24.0 Å². The van der Waals surface area contributed by atoms with E-state index in [0.717, 1.165) is 11.3 Å². The molecule has 0 aromatic heterocycles. The molecule has 0 spiro atoms. The molecule has 0 saturated heterocycles. The molecule has 128 valence electrons. The molecule has 1 aliphatic carbocycles. The number of nitrogen functional groups attached to an aromatic ring is 1. The number of halogens is 1. The summed E-state index contributed by atoms with van der Waals surface area (Å²) in [7, 11) is 0. The largest absolute Gasteiger partial charge is 0.399 e. The van der Waals surface area contributed by atoms with Gasteiger partial charge in [0.1, 0.15) is 0 Å². The van der Waals surface area contributed by atoms with Crippen LogP contribution in [-0.2, 0) is 17.8 Å². The topological polar surface area (TPSA) is 46.3 Å². The molecule has 1 amide bonds. The van der Waals surface area contributed by atoms with Crippen molar-refractivity contribution in [3.05, 3.63) is 65.7 Å². The second-order valence-corrected chi connectivity index (χ2v) is 6.50. The van der Waals surface area contributed by atoms with Crippen LogP contribution in [0, 0.1) is 5.92 Å². The molecule has 3 nitrogen and oxygen atoms in total. The zero-order valence-electron chi connectivity index (χ0n) is 14.0. The molecule has 2 aromatic rings. The highest BCUT2D eigenvalue weighted by molar-refractivity contribution is 5.85. The summed E-state index contributed by atoms with van der Waals surface area (Å²) >= 11 is 0. The highest BCUT2D eigenvalue weighted by atomic mass is 35.5. The molecule has 1 saturated carbocycles. The Morgan fingerprint density at radius 2 is 1.71 bits per heavy atom. The summed E-state index contributed by atoms with van der Waals surface area (Å²) in [5.74, 6) is 0.854. The smallest absolute Gasteiger partial charge is 0.227 e. The molecule has 0 radical (unpaired) electrons. The van der Waals surface area contributed by atoms with Gasteiger partial charge in [-0.05, 0) is 48.9 Å². The summed E-state index contributed by atoms with van der Waals surface area (Å²) in [6.07, 6.45) is 2.91. The van der Waals surface area contributed by atoms with Crippen LogP contribution in [-0.4, -0.2) is 16.8 Å². The molecular formula is C20H25ClN2O. The number of hydrogen-bond acceptors (Lipinski definition) is 2. The van der Waals surface area contributed by atoms with Crippen molar-refractivity contribution in [2.75, 3.05) is 5.73 Å². The van der Waals surface area contributed by atoms with Crippen molar-refractivity contribution in [2.24, 2.45) is 5.92 Å². The minimum atomic E-state index is 0. The van der Waals surface area contributed by atoms with Crippen molar-refractivity contribution in [1.29, 1.82) is 0 Å². The first-order valence-corrected chi connectivity index (χ1v) is 8.31. The summed E-state index contributed by atoms with van der Waals surface area (Å²) in [6.45, 7) is 2.87. The Morgan fingerprint density at radius 3 is 2.29 bits per heavy atom. The van der Waals surface area contributed by atoms with Gasteiger partial charge in [0.15, 0.2) is 0 Å². The van der Waals surface area contributed by atoms with E-state index in [9.17, 15) is 4.79 Å². The number of hydrogen-bond donors (Lipinski definition) is 1. The van der Waals surface area contributed by atoms with E-state index in [4.69, 9.17) is 5.73 Å². The molecule has 1 atom stereocenters. The van der Waals surface area contributed by atoms with Crippen LogP contribution in [0.15, 0.2) is 54.6 Å². The number of carbonyl (C=O) groups is 1. The second-order valence-electron chi connectivity index (χ2n) is 6.50. The Hall–Kier alpha value is -2.00. The van der Waals surface area contributed by atoms with Crippen LogP contribution < -0.4 is 5.73 Å². The lowest BCUT2D eigenvalue weighted by Gasteiger charge is -2.30. The molecule has 24 heavy (non-hydrogen) atoms. The molecule has 2 N–H and O–H groups in total. The van der Waals surface area contributed by atoms with Crippen molar-refractivity contribution in [3.63, 3.8) is 0 Å². The fraction of sp³-hybridized carbons (Fsp3) is 0.350. The van der Waals surface area contributed by atoms with Gasteiger partial charge >= 0.3 is 0 Å². The van der Waals surface area contributed by atoms with Crippen LogP contribution in [0.2, 0.25) is 0 Å². The number of nitrogens with zero attached hydrogens (tertiary/aromatic N) is 1. The molecule has 1 aliphatic rings. The maximum atomic E-state index is 12.9. The number of carbonyl (C=O) groups excluding carboxylic acids is 1. The molecule has 1 fully saturated rings. The molecule has 3 rings (SSSR count). The average Bonchev–Trinajstić information content (AvgIpc) is 3.40. The van der Waals surface area contributed by atoms with Crippen molar-refractivity contribution in [1.82, 2.24) is 4.90 Å². The van der Waals surface area contributed by atoms with Gasteiger partial charge in [0, 0.05) is 18.3 Å². The first kappa shape index (κ1) is 18.3. The number of amides is 1. The first-order valence-electron chi connectivity index (χ1n) is 8.31. The van der Waals surface area contributed by atoms with Gasteiger partial charge in [-0.25, -0.2) is 0 Å². The van der Waals surface area contributed by atoms with Crippen LogP contribution >= 0.6 is 12.4 Å². The Labute approximate surface area is 150 Å². The van der Waals surface area contributed by atoms with E-state index in [1.165, 1.54) is 18.4 Å². The summed E-state index contributed by atoms with van der Waals surface area (Å²) < 4.78 is 0. The van der Waals surface area contributed by atoms with Crippen LogP contribution in [0.3, 0.4) is 0 Å². The predicted molar refractivity (Wildman–Crippen MR) is 101 cm³/mol. The fourth-order valence-corrected chi connectivity index (χ4v) is 2.98. The number of anilines is 1. The second kappa shape index (κ2) is 8.20. The summed E-state index contributed by atoms with van der Waals surface area (Å²) in [4.78, 5) is 14.9. The highest BCUT2D eigenvalue weighted by Gasteiger charge is 2.34. The Morgan fingerprint density at radius 1 is 1.08 bits per heavy atom. The zero-order chi connectivity index (χ0) is 16.2. The van der Waals surface area contributed by atoms with Gasteiger partial charge in [-0.1, -0.05) is 42.5 Å². The van der Waals surface area contributed by atoms with E-state index in [0.29, 0.717) is 24.9 Å². The third-order valence-corrected chi connectivity index (χ3v) is 4.65. The van der Waals surface area contributed by atoms with Crippen molar-refractivity contribution in [2.45, 2.75) is 38.8 Å². The number of benzene rings is 2. The number of rotatable bonds is 6. The van der Waals surface area contributed by atoms with Crippen molar-refractivity contribution in [3.8, 4) is 0 Å². The van der Waals surface area contributed by atoms with E-state index in [-0.39, 0.29) is 18.3 Å². The van der Waals surface area contributed by atoms with Crippen molar-refractivity contribution < 1.29 is 4.79 Å². The third-order valence-electron chi connectivity index (χ3n) is 4.65. The van der Waals surface area contributed by atoms with E-state index < -0.39 is 0 Å². The predicted octanol–water partition coefficient (Wildman–Crippen LogP) is 4.06. The summed E-state index contributed by atoms with van der Waals surface area (Å²) in [5.41, 5.74) is 8.66. The fourth-order valence-electron chi connectivity index (χ4n) is 2.98. The van der Waals surface area contributed by atoms with Crippen LogP contribution in [0.25, 0.3) is 0 Å². The van der Waals surface area contributed by atoms with Crippen LogP contribution in [0.4, 0.5) is 5.69 Å². The van der Waals surface area contributed by atoms with Crippen LogP contribution in [0.5, 0.6) is 0 Å². The van der Waals surface area contributed by atoms with Gasteiger partial charge in [0.25, 0.3) is 0 Å².